The van der Waals surface area contributed by atoms with Gasteiger partial charge in [0.1, 0.15) is 11.5 Å². The molecule has 6 rings (SSSR count). The topological polar surface area (TPSA) is 56.7 Å². The smallest absolute Gasteiger partial charge is 0.271 e. The van der Waals surface area contributed by atoms with Gasteiger partial charge in [0, 0.05) is 11.6 Å². The Bertz CT molecular complexity index is 1540. The van der Waals surface area contributed by atoms with Crippen molar-refractivity contribution in [3.05, 3.63) is 115 Å². The number of allylic oxidation sites excluding steroid dienone is 1. The van der Waals surface area contributed by atoms with Crippen molar-refractivity contribution in [3.63, 3.8) is 0 Å². The van der Waals surface area contributed by atoms with Crippen molar-refractivity contribution < 1.29 is 9.15 Å². The third-order valence-electron chi connectivity index (χ3n) is 6.10. The number of aryl methyl sites for hydroxylation is 1. The Morgan fingerprint density at radius 1 is 1.12 bits per heavy atom. The maximum absolute atomic E-state index is 13.6. The molecule has 0 bridgehead atoms. The number of furan rings is 1. The van der Waals surface area contributed by atoms with E-state index in [2.05, 4.69) is 30.3 Å². The highest BCUT2D eigenvalue weighted by Crippen LogP contribution is 2.41. The second kappa shape index (κ2) is 7.50. The van der Waals surface area contributed by atoms with Gasteiger partial charge in [0.25, 0.3) is 5.56 Å². The lowest BCUT2D eigenvalue weighted by molar-refractivity contribution is 0.413. The minimum Gasteiger partial charge on any atom is -0.497 e. The molecule has 0 fully saturated rings. The lowest BCUT2D eigenvalue weighted by atomic mass is 9.83. The Labute approximate surface area is 188 Å². The molecule has 6 heteroatoms. The van der Waals surface area contributed by atoms with E-state index in [-0.39, 0.29) is 11.6 Å². The maximum atomic E-state index is 13.6. The summed E-state index contributed by atoms with van der Waals surface area (Å²) in [6, 6.07) is 19.9. The first-order chi connectivity index (χ1) is 15.7. The first kappa shape index (κ1) is 19.1. The number of benzene rings is 2. The predicted molar refractivity (Wildman–Crippen MR) is 124 cm³/mol. The van der Waals surface area contributed by atoms with Crippen LogP contribution in [0.15, 0.2) is 86.7 Å². The maximum Gasteiger partial charge on any atom is 0.271 e. The molecule has 1 unspecified atom stereocenters. The van der Waals surface area contributed by atoms with Crippen LogP contribution in [-0.4, -0.2) is 11.7 Å². The first-order valence-corrected chi connectivity index (χ1v) is 11.3. The van der Waals surface area contributed by atoms with Gasteiger partial charge in [-0.3, -0.25) is 9.36 Å². The van der Waals surface area contributed by atoms with Gasteiger partial charge in [0.15, 0.2) is 4.80 Å². The van der Waals surface area contributed by atoms with Gasteiger partial charge >= 0.3 is 0 Å². The highest BCUT2D eigenvalue weighted by atomic mass is 32.1. The summed E-state index contributed by atoms with van der Waals surface area (Å²) < 4.78 is 13.4. The first-order valence-electron chi connectivity index (χ1n) is 10.5. The number of nitrogens with zero attached hydrogens (tertiary/aromatic N) is 2. The van der Waals surface area contributed by atoms with E-state index < -0.39 is 0 Å². The molecule has 1 aliphatic heterocycles. The molecular weight excluding hydrogens is 420 g/mol. The SMILES string of the molecule is COc1cccc(C2C3=C(N=c4sc(=Cc5ccco5)c(=O)n42)c2ccccc2CC3)c1. The van der Waals surface area contributed by atoms with Gasteiger partial charge in [-0.05, 0) is 53.8 Å². The van der Waals surface area contributed by atoms with Gasteiger partial charge in [-0.25, -0.2) is 4.99 Å². The fraction of sp³-hybridized carbons (Fsp3) is 0.154. The Morgan fingerprint density at radius 3 is 2.88 bits per heavy atom. The molecule has 4 aromatic rings. The molecule has 0 saturated carbocycles. The van der Waals surface area contributed by atoms with Crippen LogP contribution in [0.3, 0.4) is 0 Å². The molecule has 0 amide bonds. The summed E-state index contributed by atoms with van der Waals surface area (Å²) in [5, 5.41) is 0. The molecular formula is C26H20N2O3S. The van der Waals surface area contributed by atoms with Crippen molar-refractivity contribution in [2.45, 2.75) is 18.9 Å². The summed E-state index contributed by atoms with van der Waals surface area (Å²) in [5.74, 6) is 1.43. The van der Waals surface area contributed by atoms with E-state index in [9.17, 15) is 4.79 Å². The summed E-state index contributed by atoms with van der Waals surface area (Å²) in [6.45, 7) is 0. The van der Waals surface area contributed by atoms with Crippen molar-refractivity contribution in [1.29, 1.82) is 0 Å². The average Bonchev–Trinajstić information content (AvgIpc) is 3.46. The lowest BCUT2D eigenvalue weighted by Gasteiger charge is -2.31. The lowest BCUT2D eigenvalue weighted by Crippen LogP contribution is -2.38. The Morgan fingerprint density at radius 2 is 2.03 bits per heavy atom. The molecule has 0 radical (unpaired) electrons. The zero-order valence-electron chi connectivity index (χ0n) is 17.4. The van der Waals surface area contributed by atoms with E-state index in [0.29, 0.717) is 15.1 Å². The zero-order chi connectivity index (χ0) is 21.7. The van der Waals surface area contributed by atoms with Crippen LogP contribution in [0.4, 0.5) is 0 Å². The highest BCUT2D eigenvalue weighted by molar-refractivity contribution is 7.07. The molecule has 32 heavy (non-hydrogen) atoms. The zero-order valence-corrected chi connectivity index (χ0v) is 18.3. The largest absolute Gasteiger partial charge is 0.497 e. The van der Waals surface area contributed by atoms with Crippen LogP contribution in [0.25, 0.3) is 11.8 Å². The summed E-state index contributed by atoms with van der Waals surface area (Å²) in [6.07, 6.45) is 5.20. The molecule has 3 heterocycles. The molecule has 158 valence electrons. The van der Waals surface area contributed by atoms with E-state index in [4.69, 9.17) is 14.1 Å². The number of thiazole rings is 1. The third-order valence-corrected chi connectivity index (χ3v) is 7.08. The van der Waals surface area contributed by atoms with Crippen molar-refractivity contribution in [1.82, 2.24) is 4.57 Å². The minimum atomic E-state index is -0.219. The molecule has 2 aliphatic rings. The number of aromatic nitrogens is 1. The van der Waals surface area contributed by atoms with Gasteiger partial charge in [-0.2, -0.15) is 0 Å². The van der Waals surface area contributed by atoms with Gasteiger partial charge < -0.3 is 9.15 Å². The number of ether oxygens (including phenoxy) is 1. The number of fused-ring (bicyclic) bond motifs is 3. The molecule has 2 aromatic heterocycles. The van der Waals surface area contributed by atoms with E-state index in [1.807, 2.05) is 34.9 Å². The van der Waals surface area contributed by atoms with E-state index in [1.54, 1.807) is 19.4 Å². The Balaban J connectivity index is 1.65. The fourth-order valence-corrected chi connectivity index (χ4v) is 5.62. The van der Waals surface area contributed by atoms with E-state index >= 15 is 0 Å². The summed E-state index contributed by atoms with van der Waals surface area (Å²) >= 11 is 1.40. The van der Waals surface area contributed by atoms with Crippen LogP contribution in [-0.2, 0) is 6.42 Å². The highest BCUT2D eigenvalue weighted by Gasteiger charge is 2.32. The van der Waals surface area contributed by atoms with Gasteiger partial charge in [-0.1, -0.05) is 47.7 Å². The van der Waals surface area contributed by atoms with E-state index in [1.165, 1.54) is 22.5 Å². The van der Waals surface area contributed by atoms with Crippen LogP contribution in [0.2, 0.25) is 0 Å². The van der Waals surface area contributed by atoms with E-state index in [0.717, 1.165) is 35.4 Å². The average molecular weight is 441 g/mol. The monoisotopic (exact) mass is 440 g/mol. The number of hydrogen-bond acceptors (Lipinski definition) is 5. The van der Waals surface area contributed by atoms with Crippen LogP contribution in [0.1, 0.15) is 34.9 Å². The second-order valence-corrected chi connectivity index (χ2v) is 8.91. The van der Waals surface area contributed by atoms with Gasteiger partial charge in [0.2, 0.25) is 0 Å². The molecule has 1 aliphatic carbocycles. The third kappa shape index (κ3) is 2.99. The van der Waals surface area contributed by atoms with Crippen LogP contribution >= 0.6 is 11.3 Å². The van der Waals surface area contributed by atoms with Gasteiger partial charge in [0.05, 0.1) is 29.6 Å². The summed E-state index contributed by atoms with van der Waals surface area (Å²) in [5.41, 5.74) is 5.60. The second-order valence-electron chi connectivity index (χ2n) is 7.91. The van der Waals surface area contributed by atoms with Crippen molar-refractivity contribution in [3.8, 4) is 5.75 Å². The Kier molecular flexibility index (Phi) is 4.47. The quantitative estimate of drug-likeness (QED) is 0.485. The fourth-order valence-electron chi connectivity index (χ4n) is 4.64. The molecule has 5 nitrogen and oxygen atoms in total. The number of rotatable bonds is 3. The minimum absolute atomic E-state index is 0.0524. The summed E-state index contributed by atoms with van der Waals surface area (Å²) in [4.78, 5) is 19.3. The Hall–Kier alpha value is -3.64. The van der Waals surface area contributed by atoms with Gasteiger partial charge in [-0.15, -0.1) is 0 Å². The van der Waals surface area contributed by atoms with Crippen LogP contribution < -0.4 is 19.6 Å². The van der Waals surface area contributed by atoms with Crippen LogP contribution in [0, 0.1) is 0 Å². The predicted octanol–water partition coefficient (Wildman–Crippen LogP) is 3.92. The normalized spacial score (nSPS) is 17.4. The molecule has 0 N–H and O–H groups in total. The van der Waals surface area contributed by atoms with Crippen molar-refractivity contribution in [2.75, 3.05) is 7.11 Å². The molecule has 2 aromatic carbocycles. The number of hydrogen-bond donors (Lipinski definition) is 0. The van der Waals surface area contributed by atoms with Crippen LogP contribution in [0.5, 0.6) is 5.75 Å². The molecule has 0 saturated heterocycles. The molecule has 1 atom stereocenters. The molecule has 0 spiro atoms. The number of methoxy groups -OCH3 is 1. The summed E-state index contributed by atoms with van der Waals surface area (Å²) in [7, 11) is 1.66. The van der Waals surface area contributed by atoms with Crippen molar-refractivity contribution >= 4 is 23.1 Å². The standard InChI is InChI=1S/C26H20N2O3S/c1-30-18-8-4-7-17(14-18)24-21-12-11-16-6-2-3-10-20(16)23(21)27-26-28(24)25(29)22(32-26)15-19-9-5-13-31-19/h2-10,13-15,24H,11-12H2,1H3. The van der Waals surface area contributed by atoms with Crippen molar-refractivity contribution in [2.24, 2.45) is 4.99 Å².